The Morgan fingerprint density at radius 3 is 2.17 bits per heavy atom. The number of hydrogen-bond donors (Lipinski definition) is 1. The van der Waals surface area contributed by atoms with Crippen LogP contribution in [0.4, 0.5) is 10.1 Å². The first-order valence-corrected chi connectivity index (χ1v) is 12.8. The SMILES string of the molecule is CC(=O)Oc1c(-c2ccc(NC(=O)c3cccc(C)c3)cc2)c(-c2ccc(F)cc2)nn1-c1cc(C)ccc1C. The van der Waals surface area contributed by atoms with Crippen LogP contribution in [0, 0.1) is 26.6 Å². The molecule has 0 atom stereocenters. The molecule has 1 aromatic heterocycles. The van der Waals surface area contributed by atoms with E-state index in [1.807, 2.05) is 69.3 Å². The highest BCUT2D eigenvalue weighted by Crippen LogP contribution is 2.41. The number of esters is 1. The molecule has 1 amide bonds. The molecule has 0 fully saturated rings. The van der Waals surface area contributed by atoms with Gasteiger partial charge in [0.15, 0.2) is 0 Å². The van der Waals surface area contributed by atoms with Gasteiger partial charge in [0.25, 0.3) is 5.91 Å². The zero-order valence-electron chi connectivity index (χ0n) is 22.7. The second-order valence-electron chi connectivity index (χ2n) is 9.73. The molecule has 0 saturated carbocycles. The number of aryl methyl sites for hydroxylation is 3. The van der Waals surface area contributed by atoms with Crippen molar-refractivity contribution in [2.75, 3.05) is 5.32 Å². The minimum atomic E-state index is -0.500. The molecule has 0 bridgehead atoms. The highest BCUT2D eigenvalue weighted by Gasteiger charge is 2.25. The Morgan fingerprint density at radius 1 is 0.825 bits per heavy atom. The van der Waals surface area contributed by atoms with Crippen molar-refractivity contribution < 1.29 is 18.7 Å². The van der Waals surface area contributed by atoms with E-state index >= 15 is 0 Å². The number of hydrogen-bond acceptors (Lipinski definition) is 4. The molecule has 0 aliphatic carbocycles. The van der Waals surface area contributed by atoms with E-state index in [9.17, 15) is 14.0 Å². The average Bonchev–Trinajstić information content (AvgIpc) is 3.29. The van der Waals surface area contributed by atoms with Gasteiger partial charge in [-0.1, -0.05) is 42.0 Å². The van der Waals surface area contributed by atoms with Crippen LogP contribution >= 0.6 is 0 Å². The Balaban J connectivity index is 1.63. The predicted octanol–water partition coefficient (Wildman–Crippen LogP) is 7.45. The molecule has 1 heterocycles. The van der Waals surface area contributed by atoms with E-state index in [2.05, 4.69) is 5.32 Å². The van der Waals surface area contributed by atoms with Gasteiger partial charge >= 0.3 is 5.97 Å². The van der Waals surface area contributed by atoms with Crippen LogP contribution in [0.5, 0.6) is 5.88 Å². The van der Waals surface area contributed by atoms with E-state index in [-0.39, 0.29) is 17.6 Å². The molecule has 0 spiro atoms. The Hall–Kier alpha value is -5.04. The third-order valence-electron chi connectivity index (χ3n) is 6.51. The van der Waals surface area contributed by atoms with Crippen molar-refractivity contribution in [2.45, 2.75) is 27.7 Å². The first-order chi connectivity index (χ1) is 19.2. The zero-order valence-corrected chi connectivity index (χ0v) is 22.7. The lowest BCUT2D eigenvalue weighted by atomic mass is 10.0. The number of nitrogens with one attached hydrogen (secondary N) is 1. The van der Waals surface area contributed by atoms with Crippen LogP contribution in [0.25, 0.3) is 28.1 Å². The number of benzene rings is 4. The number of rotatable bonds is 6. The molecule has 0 aliphatic rings. The Kier molecular flexibility index (Phi) is 7.29. The number of carbonyl (C=O) groups is 2. The van der Waals surface area contributed by atoms with Crippen molar-refractivity contribution >= 4 is 17.6 Å². The largest absolute Gasteiger partial charge is 0.407 e. The van der Waals surface area contributed by atoms with E-state index < -0.39 is 5.97 Å². The smallest absolute Gasteiger partial charge is 0.309 e. The first kappa shape index (κ1) is 26.6. The van der Waals surface area contributed by atoms with Gasteiger partial charge in [0.05, 0.1) is 11.3 Å². The molecule has 5 rings (SSSR count). The fourth-order valence-electron chi connectivity index (χ4n) is 4.52. The molecule has 0 saturated heterocycles. The summed E-state index contributed by atoms with van der Waals surface area (Å²) in [5.74, 6) is -0.836. The van der Waals surface area contributed by atoms with Gasteiger partial charge in [-0.25, -0.2) is 4.39 Å². The number of anilines is 1. The molecule has 40 heavy (non-hydrogen) atoms. The maximum absolute atomic E-state index is 13.8. The molecule has 0 radical (unpaired) electrons. The minimum Gasteiger partial charge on any atom is -0.407 e. The molecule has 4 aromatic carbocycles. The molecular weight excluding hydrogens is 505 g/mol. The normalized spacial score (nSPS) is 10.8. The fraction of sp³-hybridized carbons (Fsp3) is 0.121. The van der Waals surface area contributed by atoms with Crippen LogP contribution in [0.2, 0.25) is 0 Å². The number of carbonyl (C=O) groups excluding carboxylic acids is 2. The quantitative estimate of drug-likeness (QED) is 0.230. The fourth-order valence-corrected chi connectivity index (χ4v) is 4.52. The Morgan fingerprint density at radius 2 is 1.50 bits per heavy atom. The summed E-state index contributed by atoms with van der Waals surface area (Å²) >= 11 is 0. The Labute approximate surface area is 232 Å². The van der Waals surface area contributed by atoms with Gasteiger partial charge in [-0.05, 0) is 92.1 Å². The number of aromatic nitrogens is 2. The minimum absolute atomic E-state index is 0.216. The lowest BCUT2D eigenvalue weighted by Crippen LogP contribution is -2.11. The lowest BCUT2D eigenvalue weighted by molar-refractivity contribution is -0.132. The van der Waals surface area contributed by atoms with Gasteiger partial charge < -0.3 is 10.1 Å². The highest BCUT2D eigenvalue weighted by atomic mass is 19.1. The number of halogens is 1. The maximum Gasteiger partial charge on any atom is 0.309 e. The summed E-state index contributed by atoms with van der Waals surface area (Å²) in [7, 11) is 0. The van der Waals surface area contributed by atoms with Gasteiger partial charge in [-0.2, -0.15) is 9.78 Å². The van der Waals surface area contributed by atoms with Gasteiger partial charge in [-0.15, -0.1) is 0 Å². The average molecular weight is 534 g/mol. The van der Waals surface area contributed by atoms with E-state index in [0.717, 1.165) is 22.4 Å². The van der Waals surface area contributed by atoms with Crippen LogP contribution in [0.1, 0.15) is 34.0 Å². The second kappa shape index (κ2) is 11.0. The van der Waals surface area contributed by atoms with Crippen LogP contribution in [-0.4, -0.2) is 21.7 Å². The summed E-state index contributed by atoms with van der Waals surface area (Å²) < 4.78 is 21.2. The maximum atomic E-state index is 13.8. The van der Waals surface area contributed by atoms with Gasteiger partial charge in [-0.3, -0.25) is 9.59 Å². The molecule has 200 valence electrons. The molecule has 0 aliphatic heterocycles. The number of ether oxygens (including phenoxy) is 1. The van der Waals surface area contributed by atoms with E-state index in [1.54, 1.807) is 35.0 Å². The topological polar surface area (TPSA) is 73.2 Å². The van der Waals surface area contributed by atoms with Crippen molar-refractivity contribution in [1.29, 1.82) is 0 Å². The number of nitrogens with zero attached hydrogens (tertiary/aromatic N) is 2. The Bertz CT molecular complexity index is 1720. The number of amides is 1. The molecule has 0 unspecified atom stereocenters. The summed E-state index contributed by atoms with van der Waals surface area (Å²) in [5, 5.41) is 7.80. The van der Waals surface area contributed by atoms with Gasteiger partial charge in [0.2, 0.25) is 5.88 Å². The van der Waals surface area contributed by atoms with Crippen molar-refractivity contribution in [2.24, 2.45) is 0 Å². The molecular formula is C33H28FN3O3. The standard InChI is InChI=1S/C33H28FN3O3/c1-20-6-5-7-26(18-20)32(39)35-28-16-12-24(13-17-28)30-31(25-10-14-27(34)15-11-25)36-37(33(30)40-23(4)38)29-19-21(2)8-9-22(29)3/h5-19H,1-4H3,(H,35,39). The summed E-state index contributed by atoms with van der Waals surface area (Å²) in [5.41, 5.74) is 7.34. The molecule has 1 N–H and O–H groups in total. The molecule has 7 heteroatoms. The predicted molar refractivity (Wildman–Crippen MR) is 154 cm³/mol. The van der Waals surface area contributed by atoms with Crippen molar-refractivity contribution in [3.63, 3.8) is 0 Å². The second-order valence-corrected chi connectivity index (χ2v) is 9.73. The van der Waals surface area contributed by atoms with Crippen LogP contribution < -0.4 is 10.1 Å². The van der Waals surface area contributed by atoms with E-state index in [4.69, 9.17) is 9.84 Å². The van der Waals surface area contributed by atoms with Crippen molar-refractivity contribution in [1.82, 2.24) is 9.78 Å². The van der Waals surface area contributed by atoms with Crippen molar-refractivity contribution in [3.8, 4) is 34.0 Å². The zero-order chi connectivity index (χ0) is 28.4. The van der Waals surface area contributed by atoms with Gasteiger partial charge in [0.1, 0.15) is 11.5 Å². The summed E-state index contributed by atoms with van der Waals surface area (Å²) in [6.45, 7) is 7.20. The van der Waals surface area contributed by atoms with E-state index in [0.29, 0.717) is 33.6 Å². The van der Waals surface area contributed by atoms with Crippen LogP contribution in [0.15, 0.2) is 91.0 Å². The summed E-state index contributed by atoms with van der Waals surface area (Å²) in [4.78, 5) is 25.1. The lowest BCUT2D eigenvalue weighted by Gasteiger charge is -2.12. The molecule has 5 aromatic rings. The third kappa shape index (κ3) is 5.54. The van der Waals surface area contributed by atoms with Gasteiger partial charge in [0, 0.05) is 23.7 Å². The summed E-state index contributed by atoms with van der Waals surface area (Å²) in [6.07, 6.45) is 0. The monoisotopic (exact) mass is 533 g/mol. The van der Waals surface area contributed by atoms with E-state index in [1.165, 1.54) is 19.1 Å². The third-order valence-corrected chi connectivity index (χ3v) is 6.51. The molecule has 6 nitrogen and oxygen atoms in total. The van der Waals surface area contributed by atoms with Crippen LogP contribution in [-0.2, 0) is 4.79 Å². The first-order valence-electron chi connectivity index (χ1n) is 12.8. The van der Waals surface area contributed by atoms with Crippen LogP contribution in [0.3, 0.4) is 0 Å². The van der Waals surface area contributed by atoms with Crippen molar-refractivity contribution in [3.05, 3.63) is 119 Å². The summed E-state index contributed by atoms with van der Waals surface area (Å²) in [6, 6.07) is 26.6. The highest BCUT2D eigenvalue weighted by molar-refractivity contribution is 6.04.